The lowest BCUT2D eigenvalue weighted by Gasteiger charge is -2.09. The molecule has 1 aromatic heterocycles. The van der Waals surface area contributed by atoms with Crippen molar-refractivity contribution in [2.75, 3.05) is 0 Å². The number of thiazole rings is 1. The molecule has 0 saturated carbocycles. The molecule has 3 aromatic carbocycles. The fourth-order valence-electron chi connectivity index (χ4n) is 3.19. The van der Waals surface area contributed by atoms with Gasteiger partial charge in [-0.25, -0.2) is 0 Å². The molecule has 0 N–H and O–H groups in total. The lowest BCUT2D eigenvalue weighted by molar-refractivity contribution is 0.0998. The van der Waals surface area contributed by atoms with Crippen molar-refractivity contribution in [3.8, 4) is 21.7 Å². The molecule has 0 spiro atoms. The van der Waals surface area contributed by atoms with Gasteiger partial charge in [0.25, 0.3) is 5.91 Å². The summed E-state index contributed by atoms with van der Waals surface area (Å²) in [5.74, 6) is -0.246. The maximum atomic E-state index is 12.8. The normalized spacial score (nSPS) is 11.4. The van der Waals surface area contributed by atoms with Crippen LogP contribution in [0.15, 0.2) is 109 Å². The Hall–Kier alpha value is -3.50. The Morgan fingerprint density at radius 1 is 0.862 bits per heavy atom. The maximum absolute atomic E-state index is 12.8. The number of amides is 1. The third-order valence-electron chi connectivity index (χ3n) is 4.52. The number of benzene rings is 3. The van der Waals surface area contributed by atoms with Gasteiger partial charge in [-0.2, -0.15) is 4.99 Å². The van der Waals surface area contributed by atoms with E-state index in [4.69, 9.17) is 0 Å². The monoisotopic (exact) mass is 396 g/mol. The highest BCUT2D eigenvalue weighted by Crippen LogP contribution is 2.34. The van der Waals surface area contributed by atoms with Crippen molar-refractivity contribution in [3.05, 3.63) is 114 Å². The van der Waals surface area contributed by atoms with Gasteiger partial charge < -0.3 is 4.57 Å². The van der Waals surface area contributed by atoms with Crippen LogP contribution in [-0.2, 0) is 6.54 Å². The van der Waals surface area contributed by atoms with E-state index >= 15 is 0 Å². The summed E-state index contributed by atoms with van der Waals surface area (Å²) >= 11 is 1.52. The molecule has 0 saturated heterocycles. The summed E-state index contributed by atoms with van der Waals surface area (Å²) in [7, 11) is 0. The van der Waals surface area contributed by atoms with Crippen molar-refractivity contribution < 1.29 is 4.79 Å². The van der Waals surface area contributed by atoms with Crippen LogP contribution in [0.4, 0.5) is 0 Å². The molecule has 0 aliphatic heterocycles. The number of hydrogen-bond acceptors (Lipinski definition) is 2. The van der Waals surface area contributed by atoms with Gasteiger partial charge in [0.2, 0.25) is 0 Å². The Morgan fingerprint density at radius 3 is 2.00 bits per heavy atom. The van der Waals surface area contributed by atoms with Crippen molar-refractivity contribution in [1.82, 2.24) is 4.57 Å². The van der Waals surface area contributed by atoms with Gasteiger partial charge in [0, 0.05) is 12.1 Å². The van der Waals surface area contributed by atoms with Crippen LogP contribution in [0.5, 0.6) is 0 Å². The number of hydrogen-bond donors (Lipinski definition) is 0. The standard InChI is InChI=1S/C25H20N2OS/c1-2-18-27-22(19-12-6-3-7-13-19)23(20-14-8-4-9-15-20)29-25(27)26-24(28)21-16-10-5-11-17-21/h2-17H,1,18H2/b26-25-. The molecule has 0 bridgehead atoms. The van der Waals surface area contributed by atoms with Crippen LogP contribution in [0, 0.1) is 0 Å². The summed E-state index contributed by atoms with van der Waals surface area (Å²) < 4.78 is 2.07. The molecule has 3 nitrogen and oxygen atoms in total. The summed E-state index contributed by atoms with van der Waals surface area (Å²) in [5, 5.41) is 0. The second kappa shape index (κ2) is 8.67. The average molecular weight is 397 g/mol. The molecule has 142 valence electrons. The molecule has 4 heteroatoms. The van der Waals surface area contributed by atoms with E-state index in [1.54, 1.807) is 12.1 Å². The zero-order valence-electron chi connectivity index (χ0n) is 15.9. The van der Waals surface area contributed by atoms with Crippen LogP contribution < -0.4 is 4.80 Å². The van der Waals surface area contributed by atoms with E-state index < -0.39 is 0 Å². The van der Waals surface area contributed by atoms with E-state index in [2.05, 4.69) is 40.4 Å². The second-order valence-electron chi connectivity index (χ2n) is 6.48. The zero-order chi connectivity index (χ0) is 20.1. The Bertz CT molecular complexity index is 1190. The molecule has 4 rings (SSSR count). The predicted octanol–water partition coefficient (Wildman–Crippen LogP) is 5.81. The first-order chi connectivity index (χ1) is 14.3. The van der Waals surface area contributed by atoms with Crippen LogP contribution in [0.1, 0.15) is 10.4 Å². The predicted molar refractivity (Wildman–Crippen MR) is 120 cm³/mol. The van der Waals surface area contributed by atoms with Gasteiger partial charge >= 0.3 is 0 Å². The van der Waals surface area contributed by atoms with Crippen LogP contribution in [-0.4, -0.2) is 10.5 Å². The van der Waals surface area contributed by atoms with Crippen molar-refractivity contribution in [2.45, 2.75) is 6.54 Å². The quantitative estimate of drug-likeness (QED) is 0.392. The summed E-state index contributed by atoms with van der Waals surface area (Å²) in [6.45, 7) is 4.47. The van der Waals surface area contributed by atoms with Crippen LogP contribution in [0.2, 0.25) is 0 Å². The summed E-state index contributed by atoms with van der Waals surface area (Å²) in [5.41, 5.74) is 3.80. The van der Waals surface area contributed by atoms with Crippen molar-refractivity contribution in [2.24, 2.45) is 4.99 Å². The van der Waals surface area contributed by atoms with Gasteiger partial charge in [0.05, 0.1) is 10.6 Å². The minimum absolute atomic E-state index is 0.246. The van der Waals surface area contributed by atoms with Gasteiger partial charge in [-0.3, -0.25) is 4.79 Å². The lowest BCUT2D eigenvalue weighted by Crippen LogP contribution is -2.17. The molecule has 1 amide bonds. The molecule has 0 radical (unpaired) electrons. The topological polar surface area (TPSA) is 34.4 Å². The molecule has 0 unspecified atom stereocenters. The number of aromatic nitrogens is 1. The third kappa shape index (κ3) is 4.03. The summed E-state index contributed by atoms with van der Waals surface area (Å²) in [4.78, 5) is 19.0. The van der Waals surface area contributed by atoms with E-state index in [9.17, 15) is 4.79 Å². The van der Waals surface area contributed by atoms with Gasteiger partial charge in [-0.15, -0.1) is 6.58 Å². The molecule has 1 heterocycles. The van der Waals surface area contributed by atoms with E-state index in [0.717, 1.165) is 21.7 Å². The van der Waals surface area contributed by atoms with E-state index in [1.165, 1.54) is 11.3 Å². The fraction of sp³-hybridized carbons (Fsp3) is 0.0400. The van der Waals surface area contributed by atoms with Crippen LogP contribution in [0.25, 0.3) is 21.7 Å². The first kappa shape index (κ1) is 18.8. The van der Waals surface area contributed by atoms with Crippen LogP contribution >= 0.6 is 11.3 Å². The van der Waals surface area contributed by atoms with E-state index in [-0.39, 0.29) is 5.91 Å². The van der Waals surface area contributed by atoms with E-state index in [1.807, 2.05) is 60.7 Å². The fourth-order valence-corrected chi connectivity index (χ4v) is 4.36. The molecule has 29 heavy (non-hydrogen) atoms. The zero-order valence-corrected chi connectivity index (χ0v) is 16.7. The largest absolute Gasteiger partial charge is 0.312 e. The Morgan fingerprint density at radius 2 is 1.41 bits per heavy atom. The van der Waals surface area contributed by atoms with Gasteiger partial charge in [-0.05, 0) is 23.3 Å². The van der Waals surface area contributed by atoms with Crippen molar-refractivity contribution in [3.63, 3.8) is 0 Å². The molecule has 4 aromatic rings. The minimum Gasteiger partial charge on any atom is -0.312 e. The lowest BCUT2D eigenvalue weighted by atomic mass is 10.1. The number of carbonyl (C=O) groups is 1. The number of allylic oxidation sites excluding steroid dienone is 1. The number of nitrogens with zero attached hydrogens (tertiary/aromatic N) is 2. The number of carbonyl (C=O) groups excluding carboxylic acids is 1. The highest BCUT2D eigenvalue weighted by atomic mass is 32.1. The Kier molecular flexibility index (Phi) is 5.63. The molecule has 0 atom stereocenters. The molecular weight excluding hydrogens is 376 g/mol. The Labute approximate surface area is 173 Å². The van der Waals surface area contributed by atoms with Crippen molar-refractivity contribution in [1.29, 1.82) is 0 Å². The summed E-state index contributed by atoms with van der Waals surface area (Å²) in [6, 6.07) is 29.6. The molecular formula is C25H20N2OS. The first-order valence-corrected chi connectivity index (χ1v) is 10.2. The highest BCUT2D eigenvalue weighted by molar-refractivity contribution is 7.13. The van der Waals surface area contributed by atoms with E-state index in [0.29, 0.717) is 16.9 Å². The maximum Gasteiger partial charge on any atom is 0.279 e. The third-order valence-corrected chi connectivity index (χ3v) is 5.65. The average Bonchev–Trinajstić information content (AvgIpc) is 3.14. The summed E-state index contributed by atoms with van der Waals surface area (Å²) in [6.07, 6.45) is 1.83. The SMILES string of the molecule is C=CCn1c(-c2ccccc2)c(-c2ccccc2)s/c1=N\C(=O)c1ccccc1. The first-order valence-electron chi connectivity index (χ1n) is 9.37. The minimum atomic E-state index is -0.246. The number of rotatable bonds is 5. The molecule has 0 aliphatic carbocycles. The molecule has 0 aliphatic rings. The highest BCUT2D eigenvalue weighted by Gasteiger charge is 2.17. The van der Waals surface area contributed by atoms with Gasteiger partial charge in [0.1, 0.15) is 0 Å². The van der Waals surface area contributed by atoms with Crippen LogP contribution in [0.3, 0.4) is 0 Å². The molecule has 0 fully saturated rings. The van der Waals surface area contributed by atoms with Crippen molar-refractivity contribution >= 4 is 17.2 Å². The van der Waals surface area contributed by atoms with Gasteiger partial charge in [-0.1, -0.05) is 96.3 Å². The van der Waals surface area contributed by atoms with Gasteiger partial charge in [0.15, 0.2) is 4.80 Å². The smallest absolute Gasteiger partial charge is 0.279 e. The Balaban J connectivity index is 1.97. The second-order valence-corrected chi connectivity index (χ2v) is 7.45.